The highest BCUT2D eigenvalue weighted by Crippen LogP contribution is 2.19. The van der Waals surface area contributed by atoms with Gasteiger partial charge in [-0.2, -0.15) is 0 Å². The van der Waals surface area contributed by atoms with E-state index in [4.69, 9.17) is 4.43 Å². The van der Waals surface area contributed by atoms with Gasteiger partial charge in [-0.25, -0.2) is 0 Å². The van der Waals surface area contributed by atoms with Gasteiger partial charge in [0.2, 0.25) is 8.32 Å². The summed E-state index contributed by atoms with van der Waals surface area (Å²) in [7, 11) is -2.55. The standard InChI is InChI=1S/C12H28OSi2/c1-8-9-10-12(11-14(2,3)4)13-15(5,6)7/h11H,8-10H2,1-7H3/b12-11-. The Balaban J connectivity index is 4.52. The van der Waals surface area contributed by atoms with Gasteiger partial charge in [0.15, 0.2) is 0 Å². The Labute approximate surface area is 98.1 Å². The second kappa shape index (κ2) is 5.90. The molecule has 0 radical (unpaired) electrons. The van der Waals surface area contributed by atoms with E-state index in [1.54, 1.807) is 0 Å². The molecular formula is C12H28OSi2. The molecule has 0 aliphatic rings. The van der Waals surface area contributed by atoms with Crippen LogP contribution >= 0.6 is 0 Å². The topological polar surface area (TPSA) is 9.23 Å². The fraction of sp³-hybridized carbons (Fsp3) is 0.833. The third-order valence-electron chi connectivity index (χ3n) is 1.81. The van der Waals surface area contributed by atoms with E-state index in [1.165, 1.54) is 18.6 Å². The summed E-state index contributed by atoms with van der Waals surface area (Å²) in [5.41, 5.74) is 2.43. The van der Waals surface area contributed by atoms with E-state index in [-0.39, 0.29) is 0 Å². The summed E-state index contributed by atoms with van der Waals surface area (Å²) in [4.78, 5) is 0. The molecule has 90 valence electrons. The predicted octanol–water partition coefficient (Wildman–Crippen LogP) is 4.79. The van der Waals surface area contributed by atoms with Crippen molar-refractivity contribution in [2.75, 3.05) is 0 Å². The lowest BCUT2D eigenvalue weighted by molar-refractivity contribution is 0.395. The number of allylic oxidation sites excluding steroid dienone is 1. The van der Waals surface area contributed by atoms with Gasteiger partial charge in [-0.05, 0) is 26.1 Å². The van der Waals surface area contributed by atoms with Crippen molar-refractivity contribution >= 4 is 16.4 Å². The van der Waals surface area contributed by atoms with Crippen molar-refractivity contribution in [3.63, 3.8) is 0 Å². The van der Waals surface area contributed by atoms with Crippen molar-refractivity contribution in [1.82, 2.24) is 0 Å². The first kappa shape index (κ1) is 15.0. The normalized spacial score (nSPS) is 14.2. The minimum atomic E-state index is -1.42. The van der Waals surface area contributed by atoms with Gasteiger partial charge < -0.3 is 4.43 Å². The number of hydrogen-bond acceptors (Lipinski definition) is 1. The van der Waals surface area contributed by atoms with Crippen molar-refractivity contribution < 1.29 is 4.43 Å². The lowest BCUT2D eigenvalue weighted by Crippen LogP contribution is -2.27. The van der Waals surface area contributed by atoms with Gasteiger partial charge in [-0.15, -0.1) is 0 Å². The number of unbranched alkanes of at least 4 members (excludes halogenated alkanes) is 1. The average molecular weight is 245 g/mol. The summed E-state index contributed by atoms with van der Waals surface area (Å²) >= 11 is 0. The molecule has 0 rings (SSSR count). The molecule has 0 N–H and O–H groups in total. The van der Waals surface area contributed by atoms with Crippen LogP contribution in [-0.2, 0) is 4.43 Å². The van der Waals surface area contributed by atoms with Crippen LogP contribution in [0.5, 0.6) is 0 Å². The van der Waals surface area contributed by atoms with E-state index < -0.39 is 16.4 Å². The quantitative estimate of drug-likeness (QED) is 0.482. The van der Waals surface area contributed by atoms with Crippen molar-refractivity contribution in [2.24, 2.45) is 0 Å². The summed E-state index contributed by atoms with van der Waals surface area (Å²) < 4.78 is 6.15. The van der Waals surface area contributed by atoms with Crippen LogP contribution < -0.4 is 0 Å². The minimum Gasteiger partial charge on any atom is -0.548 e. The zero-order valence-electron chi connectivity index (χ0n) is 11.6. The van der Waals surface area contributed by atoms with Crippen LogP contribution in [0.15, 0.2) is 11.5 Å². The number of rotatable bonds is 6. The van der Waals surface area contributed by atoms with E-state index in [9.17, 15) is 0 Å². The van der Waals surface area contributed by atoms with Crippen LogP contribution in [0, 0.1) is 0 Å². The van der Waals surface area contributed by atoms with Gasteiger partial charge in [-0.1, -0.05) is 38.7 Å². The van der Waals surface area contributed by atoms with E-state index in [2.05, 4.69) is 51.9 Å². The summed E-state index contributed by atoms with van der Waals surface area (Å²) in [6, 6.07) is 0. The highest BCUT2D eigenvalue weighted by molar-refractivity contribution is 6.81. The molecule has 0 aromatic rings. The van der Waals surface area contributed by atoms with Gasteiger partial charge in [0.1, 0.15) is 0 Å². The second-order valence-electron chi connectivity index (χ2n) is 6.29. The van der Waals surface area contributed by atoms with Crippen LogP contribution in [0.2, 0.25) is 39.3 Å². The Hall–Kier alpha value is -0.0262. The third-order valence-corrected chi connectivity index (χ3v) is 3.87. The maximum Gasteiger partial charge on any atom is 0.241 e. The molecule has 0 aliphatic carbocycles. The molecule has 0 aromatic carbocycles. The maximum atomic E-state index is 6.15. The first-order valence-corrected chi connectivity index (χ1v) is 13.0. The first-order chi connectivity index (χ1) is 6.64. The summed E-state index contributed by atoms with van der Waals surface area (Å²) in [6.45, 7) is 16.1. The highest BCUT2D eigenvalue weighted by Gasteiger charge is 2.19. The van der Waals surface area contributed by atoms with Crippen LogP contribution in [0.25, 0.3) is 0 Å². The van der Waals surface area contributed by atoms with Crippen LogP contribution in [0.4, 0.5) is 0 Å². The Morgan fingerprint density at radius 1 is 1.07 bits per heavy atom. The van der Waals surface area contributed by atoms with Crippen molar-refractivity contribution in [1.29, 1.82) is 0 Å². The van der Waals surface area contributed by atoms with Crippen LogP contribution in [0.3, 0.4) is 0 Å². The maximum absolute atomic E-state index is 6.15. The Morgan fingerprint density at radius 3 is 1.93 bits per heavy atom. The highest BCUT2D eigenvalue weighted by atomic mass is 28.4. The molecule has 0 unspecified atom stereocenters. The van der Waals surface area contributed by atoms with E-state index in [0.29, 0.717) is 0 Å². The minimum absolute atomic E-state index is 1.13. The van der Waals surface area contributed by atoms with Gasteiger partial charge in [0.05, 0.1) is 13.8 Å². The summed E-state index contributed by atoms with van der Waals surface area (Å²) in [6.07, 6.45) is 3.63. The molecule has 0 spiro atoms. The molecule has 0 bridgehead atoms. The molecule has 0 amide bonds. The van der Waals surface area contributed by atoms with Gasteiger partial charge in [-0.3, -0.25) is 0 Å². The molecule has 0 aliphatic heterocycles. The van der Waals surface area contributed by atoms with Gasteiger partial charge in [0, 0.05) is 6.42 Å². The zero-order chi connectivity index (χ0) is 12.1. The average Bonchev–Trinajstić information content (AvgIpc) is 1.94. The Bertz CT molecular complexity index is 209. The fourth-order valence-electron chi connectivity index (χ4n) is 1.38. The van der Waals surface area contributed by atoms with Crippen LogP contribution in [0.1, 0.15) is 26.2 Å². The third kappa shape index (κ3) is 10.3. The lowest BCUT2D eigenvalue weighted by Gasteiger charge is -2.24. The monoisotopic (exact) mass is 244 g/mol. The SMILES string of the molecule is CCCC/C(=C/[Si](C)(C)C)O[Si](C)(C)C. The molecule has 3 heteroatoms. The molecule has 15 heavy (non-hydrogen) atoms. The largest absolute Gasteiger partial charge is 0.548 e. The molecule has 0 heterocycles. The fourth-order valence-corrected chi connectivity index (χ4v) is 3.61. The lowest BCUT2D eigenvalue weighted by atomic mass is 10.2. The van der Waals surface area contributed by atoms with E-state index in [1.807, 2.05) is 0 Å². The van der Waals surface area contributed by atoms with E-state index >= 15 is 0 Å². The number of hydrogen-bond donors (Lipinski definition) is 0. The second-order valence-corrected chi connectivity index (χ2v) is 15.7. The smallest absolute Gasteiger partial charge is 0.241 e. The molecular weight excluding hydrogens is 216 g/mol. The van der Waals surface area contributed by atoms with Crippen LogP contribution in [-0.4, -0.2) is 16.4 Å². The summed E-state index contributed by atoms with van der Waals surface area (Å²) in [5.74, 6) is 1.27. The van der Waals surface area contributed by atoms with E-state index in [0.717, 1.165) is 6.42 Å². The molecule has 0 aromatic heterocycles. The van der Waals surface area contributed by atoms with Crippen molar-refractivity contribution in [3.05, 3.63) is 11.5 Å². The Kier molecular flexibility index (Phi) is 5.89. The molecule has 0 saturated carbocycles. The summed E-state index contributed by atoms with van der Waals surface area (Å²) in [5, 5.41) is 0. The zero-order valence-corrected chi connectivity index (χ0v) is 13.6. The first-order valence-electron chi connectivity index (χ1n) is 6.05. The van der Waals surface area contributed by atoms with Crippen molar-refractivity contribution in [2.45, 2.75) is 65.5 Å². The predicted molar refractivity (Wildman–Crippen MR) is 75.4 cm³/mol. The van der Waals surface area contributed by atoms with Gasteiger partial charge >= 0.3 is 0 Å². The van der Waals surface area contributed by atoms with Gasteiger partial charge in [0.25, 0.3) is 0 Å². The Morgan fingerprint density at radius 2 is 1.60 bits per heavy atom. The van der Waals surface area contributed by atoms with Crippen molar-refractivity contribution in [3.8, 4) is 0 Å². The molecule has 0 saturated heterocycles. The molecule has 0 fully saturated rings. The molecule has 0 atom stereocenters. The molecule has 1 nitrogen and oxygen atoms in total.